The molecule has 0 aliphatic heterocycles. The molecule has 5 aromatic rings. The van der Waals surface area contributed by atoms with Crippen LogP contribution in [0.2, 0.25) is 0 Å². The second-order valence-corrected chi connectivity index (χ2v) is 8.80. The number of tetrazole rings is 1. The summed E-state index contributed by atoms with van der Waals surface area (Å²) in [6.45, 7) is 4.94. The summed E-state index contributed by atoms with van der Waals surface area (Å²) >= 11 is 0. The highest BCUT2D eigenvalue weighted by Crippen LogP contribution is 2.38. The molecule has 0 saturated carbocycles. The third kappa shape index (κ3) is 5.04. The SMILES string of the molecule is CCCCN(c1nc2ccccc2o1)[C@H](C)c1ccc(-c2cc(C(F)(F)F)ccc2-c2nn[nH]n2)cc1. The Hall–Kier alpha value is -4.21. The van der Waals surface area contributed by atoms with Crippen molar-refractivity contribution in [1.82, 2.24) is 25.6 Å². The van der Waals surface area contributed by atoms with Crippen LogP contribution in [0.25, 0.3) is 33.6 Å². The van der Waals surface area contributed by atoms with Crippen molar-refractivity contribution >= 4 is 17.1 Å². The van der Waals surface area contributed by atoms with Gasteiger partial charge in [-0.15, -0.1) is 10.2 Å². The number of aromatic amines is 1. The van der Waals surface area contributed by atoms with Gasteiger partial charge < -0.3 is 9.32 Å². The number of unbranched alkanes of at least 4 members (excludes halogenated alkanes) is 1. The van der Waals surface area contributed by atoms with Crippen LogP contribution in [0.1, 0.15) is 43.9 Å². The zero-order valence-electron chi connectivity index (χ0n) is 20.3. The highest BCUT2D eigenvalue weighted by Gasteiger charge is 2.31. The molecule has 190 valence electrons. The monoisotopic (exact) mass is 506 g/mol. The van der Waals surface area contributed by atoms with Crippen LogP contribution in [-0.4, -0.2) is 32.2 Å². The van der Waals surface area contributed by atoms with Crippen molar-refractivity contribution in [2.75, 3.05) is 11.4 Å². The van der Waals surface area contributed by atoms with Crippen LogP contribution in [0, 0.1) is 0 Å². The fourth-order valence-electron chi connectivity index (χ4n) is 4.32. The Morgan fingerprint density at radius 2 is 1.78 bits per heavy atom. The minimum atomic E-state index is -4.47. The van der Waals surface area contributed by atoms with Gasteiger partial charge in [0.2, 0.25) is 5.82 Å². The van der Waals surface area contributed by atoms with E-state index in [0.717, 1.165) is 48.2 Å². The van der Waals surface area contributed by atoms with Crippen molar-refractivity contribution in [2.24, 2.45) is 0 Å². The molecular weight excluding hydrogens is 481 g/mol. The maximum atomic E-state index is 13.5. The van der Waals surface area contributed by atoms with Crippen LogP contribution >= 0.6 is 0 Å². The van der Waals surface area contributed by atoms with Gasteiger partial charge in [-0.2, -0.15) is 23.4 Å². The lowest BCUT2D eigenvalue weighted by atomic mass is 9.95. The van der Waals surface area contributed by atoms with Gasteiger partial charge in [-0.25, -0.2) is 0 Å². The number of nitrogens with zero attached hydrogens (tertiary/aromatic N) is 5. The normalized spacial score (nSPS) is 12.7. The number of alkyl halides is 3. The van der Waals surface area contributed by atoms with E-state index in [9.17, 15) is 13.2 Å². The number of anilines is 1. The zero-order chi connectivity index (χ0) is 26.0. The summed E-state index contributed by atoms with van der Waals surface area (Å²) in [6, 6.07) is 19.1. The summed E-state index contributed by atoms with van der Waals surface area (Å²) in [4.78, 5) is 6.80. The van der Waals surface area contributed by atoms with Crippen molar-refractivity contribution < 1.29 is 17.6 Å². The first kappa shape index (κ1) is 24.5. The van der Waals surface area contributed by atoms with E-state index in [1.54, 1.807) is 0 Å². The molecule has 2 aromatic heterocycles. The lowest BCUT2D eigenvalue weighted by molar-refractivity contribution is -0.137. The van der Waals surface area contributed by atoms with E-state index in [4.69, 9.17) is 4.42 Å². The summed E-state index contributed by atoms with van der Waals surface area (Å²) in [6.07, 6.45) is -2.51. The number of fused-ring (bicyclic) bond motifs is 1. The van der Waals surface area contributed by atoms with E-state index in [0.29, 0.717) is 22.7 Å². The number of nitrogens with one attached hydrogen (secondary N) is 1. The summed E-state index contributed by atoms with van der Waals surface area (Å²) in [7, 11) is 0. The van der Waals surface area contributed by atoms with Crippen molar-refractivity contribution in [3.63, 3.8) is 0 Å². The fourth-order valence-corrected chi connectivity index (χ4v) is 4.32. The Morgan fingerprint density at radius 3 is 2.46 bits per heavy atom. The highest BCUT2D eigenvalue weighted by molar-refractivity contribution is 5.81. The number of halogens is 3. The van der Waals surface area contributed by atoms with E-state index in [2.05, 4.69) is 44.4 Å². The van der Waals surface area contributed by atoms with Gasteiger partial charge in [0.1, 0.15) is 5.52 Å². The van der Waals surface area contributed by atoms with Crippen molar-refractivity contribution in [3.05, 3.63) is 77.9 Å². The predicted molar refractivity (Wildman–Crippen MR) is 135 cm³/mol. The molecule has 0 spiro atoms. The number of para-hydroxylation sites is 2. The van der Waals surface area contributed by atoms with Crippen LogP contribution in [0.15, 0.2) is 71.1 Å². The summed E-state index contributed by atoms with van der Waals surface area (Å²) < 4.78 is 46.5. The fraction of sp³-hybridized carbons (Fsp3) is 0.259. The maximum Gasteiger partial charge on any atom is 0.416 e. The van der Waals surface area contributed by atoms with Crippen LogP contribution in [0.5, 0.6) is 0 Å². The number of benzene rings is 3. The molecule has 0 fully saturated rings. The molecule has 10 heteroatoms. The van der Waals surface area contributed by atoms with Crippen molar-refractivity contribution in [2.45, 2.75) is 38.9 Å². The molecule has 0 bridgehead atoms. The number of H-pyrrole nitrogens is 1. The van der Waals surface area contributed by atoms with Gasteiger partial charge in [0.05, 0.1) is 11.6 Å². The molecule has 5 rings (SSSR count). The van der Waals surface area contributed by atoms with Gasteiger partial charge in [0, 0.05) is 12.1 Å². The van der Waals surface area contributed by atoms with Crippen LogP contribution in [0.4, 0.5) is 19.2 Å². The van der Waals surface area contributed by atoms with Crippen LogP contribution in [-0.2, 0) is 6.18 Å². The second kappa shape index (κ2) is 10.0. The van der Waals surface area contributed by atoms with Crippen LogP contribution < -0.4 is 4.90 Å². The molecule has 2 heterocycles. The largest absolute Gasteiger partial charge is 0.423 e. The van der Waals surface area contributed by atoms with E-state index in [-0.39, 0.29) is 11.9 Å². The van der Waals surface area contributed by atoms with Gasteiger partial charge in [0.25, 0.3) is 6.01 Å². The van der Waals surface area contributed by atoms with Gasteiger partial charge in [0.15, 0.2) is 5.58 Å². The minimum Gasteiger partial charge on any atom is -0.423 e. The maximum absolute atomic E-state index is 13.5. The molecule has 3 aromatic carbocycles. The van der Waals surface area contributed by atoms with Gasteiger partial charge >= 0.3 is 6.18 Å². The molecule has 0 aliphatic rings. The second-order valence-electron chi connectivity index (χ2n) is 8.80. The first-order valence-corrected chi connectivity index (χ1v) is 12.0. The summed E-state index contributed by atoms with van der Waals surface area (Å²) in [5.74, 6) is 0.225. The smallest absolute Gasteiger partial charge is 0.416 e. The van der Waals surface area contributed by atoms with E-state index >= 15 is 0 Å². The number of hydrogen-bond donors (Lipinski definition) is 1. The molecule has 1 atom stereocenters. The number of hydrogen-bond acceptors (Lipinski definition) is 6. The standard InChI is InChI=1S/C27H25F3N6O/c1-3-4-15-36(26-31-23-7-5-6-8-24(23)37-26)17(2)18-9-11-19(12-10-18)22-16-20(27(28,29)30)13-14-21(22)25-32-34-35-33-25/h5-14,16-17H,3-4,15H2,1-2H3,(H,32,33,34,35)/t17-/m1/s1. The van der Waals surface area contributed by atoms with Gasteiger partial charge in [-0.1, -0.05) is 49.7 Å². The molecule has 37 heavy (non-hydrogen) atoms. The Kier molecular flexibility index (Phi) is 6.64. The van der Waals surface area contributed by atoms with Crippen molar-refractivity contribution in [1.29, 1.82) is 0 Å². The molecule has 0 saturated heterocycles. The summed E-state index contributed by atoms with van der Waals surface area (Å²) in [5, 5.41) is 13.8. The predicted octanol–water partition coefficient (Wildman–Crippen LogP) is 7.06. The topological polar surface area (TPSA) is 83.7 Å². The zero-order valence-corrected chi connectivity index (χ0v) is 20.3. The molecule has 0 radical (unpaired) electrons. The van der Waals surface area contributed by atoms with Gasteiger partial charge in [-0.3, -0.25) is 0 Å². The molecule has 0 unspecified atom stereocenters. The lowest BCUT2D eigenvalue weighted by Gasteiger charge is -2.28. The van der Waals surface area contributed by atoms with Crippen LogP contribution in [0.3, 0.4) is 0 Å². The average Bonchev–Trinajstić information content (AvgIpc) is 3.58. The Morgan fingerprint density at radius 1 is 1.00 bits per heavy atom. The number of oxazole rings is 1. The summed E-state index contributed by atoms with van der Waals surface area (Å²) in [5.41, 5.74) is 3.20. The first-order chi connectivity index (χ1) is 17.8. The van der Waals surface area contributed by atoms with Gasteiger partial charge in [-0.05, 0) is 65.6 Å². The molecule has 0 aliphatic carbocycles. The number of aromatic nitrogens is 5. The average molecular weight is 507 g/mol. The molecule has 1 N–H and O–H groups in total. The minimum absolute atomic E-state index is 0.0770. The molecular formula is C27H25F3N6O. The highest BCUT2D eigenvalue weighted by atomic mass is 19.4. The quantitative estimate of drug-likeness (QED) is 0.243. The van der Waals surface area contributed by atoms with Crippen molar-refractivity contribution in [3.8, 4) is 22.5 Å². The third-order valence-electron chi connectivity index (χ3n) is 6.39. The third-order valence-corrected chi connectivity index (χ3v) is 6.39. The lowest BCUT2D eigenvalue weighted by Crippen LogP contribution is -2.28. The van der Waals surface area contributed by atoms with E-state index in [1.807, 2.05) is 48.5 Å². The Bertz CT molecular complexity index is 1450. The Labute approximate surface area is 211 Å². The van der Waals surface area contributed by atoms with E-state index < -0.39 is 11.7 Å². The molecule has 0 amide bonds. The first-order valence-electron chi connectivity index (χ1n) is 12.0. The molecule has 7 nitrogen and oxygen atoms in total. The number of rotatable bonds is 8. The Balaban J connectivity index is 1.49. The van der Waals surface area contributed by atoms with E-state index in [1.165, 1.54) is 6.07 Å².